The molecule has 1 saturated heterocycles. The Labute approximate surface area is 127 Å². The van der Waals surface area contributed by atoms with E-state index in [0.717, 1.165) is 12.1 Å². The minimum atomic E-state index is -4.44. The highest BCUT2D eigenvalue weighted by Crippen LogP contribution is 2.45. The maximum Gasteiger partial charge on any atom is 0.416 e. The quantitative estimate of drug-likeness (QED) is 0.916. The number of aliphatic carboxylic acids is 1. The fourth-order valence-electron chi connectivity index (χ4n) is 3.29. The van der Waals surface area contributed by atoms with Crippen molar-refractivity contribution >= 4 is 5.97 Å². The van der Waals surface area contributed by atoms with Crippen LogP contribution >= 0.6 is 0 Å². The second kappa shape index (κ2) is 5.57. The Morgan fingerprint density at radius 2 is 2.05 bits per heavy atom. The third-order valence-corrected chi connectivity index (χ3v) is 4.13. The van der Waals surface area contributed by atoms with Crippen LogP contribution in [0.25, 0.3) is 0 Å². The zero-order valence-electron chi connectivity index (χ0n) is 12.5. The lowest BCUT2D eigenvalue weighted by Crippen LogP contribution is -2.45. The van der Waals surface area contributed by atoms with E-state index >= 15 is 0 Å². The number of carbonyl (C=O) groups is 1. The highest BCUT2D eigenvalue weighted by Gasteiger charge is 2.44. The summed E-state index contributed by atoms with van der Waals surface area (Å²) in [6.07, 6.45) is -3.89. The SMILES string of the molecule is CC1(C)CC(CC(=O)O)(c2cccc(C(F)(F)F)c2)CCO1. The van der Waals surface area contributed by atoms with Gasteiger partial charge in [0, 0.05) is 12.0 Å². The number of hydrogen-bond acceptors (Lipinski definition) is 2. The Kier molecular flexibility index (Phi) is 4.26. The fraction of sp³-hybridized carbons (Fsp3) is 0.562. The summed E-state index contributed by atoms with van der Waals surface area (Å²) in [5.74, 6) is -1.02. The molecule has 1 fully saturated rings. The van der Waals surface area contributed by atoms with Crippen molar-refractivity contribution in [2.45, 2.75) is 50.3 Å². The molecule has 0 radical (unpaired) electrons. The van der Waals surface area contributed by atoms with Gasteiger partial charge in [-0.3, -0.25) is 4.79 Å². The molecule has 0 bridgehead atoms. The molecule has 1 aromatic carbocycles. The summed E-state index contributed by atoms with van der Waals surface area (Å²) in [6.45, 7) is 3.99. The van der Waals surface area contributed by atoms with Gasteiger partial charge in [-0.1, -0.05) is 18.2 Å². The first kappa shape index (κ1) is 16.8. The summed E-state index contributed by atoms with van der Waals surface area (Å²) >= 11 is 0. The molecule has 6 heteroatoms. The average molecular weight is 316 g/mol. The second-order valence-electron chi connectivity index (χ2n) is 6.46. The van der Waals surface area contributed by atoms with Crippen molar-refractivity contribution in [3.05, 3.63) is 35.4 Å². The molecule has 1 aliphatic rings. The smallest absolute Gasteiger partial charge is 0.416 e. The minimum Gasteiger partial charge on any atom is -0.481 e. The number of carboxylic acids is 1. The fourth-order valence-corrected chi connectivity index (χ4v) is 3.29. The van der Waals surface area contributed by atoms with Gasteiger partial charge >= 0.3 is 12.1 Å². The Hall–Kier alpha value is -1.56. The van der Waals surface area contributed by atoms with Crippen molar-refractivity contribution in [3.63, 3.8) is 0 Å². The van der Waals surface area contributed by atoms with E-state index in [1.165, 1.54) is 6.07 Å². The number of hydrogen-bond donors (Lipinski definition) is 1. The predicted molar refractivity (Wildman–Crippen MR) is 74.6 cm³/mol. The second-order valence-corrected chi connectivity index (χ2v) is 6.46. The first-order valence-corrected chi connectivity index (χ1v) is 7.08. The van der Waals surface area contributed by atoms with Gasteiger partial charge in [0.05, 0.1) is 17.6 Å². The van der Waals surface area contributed by atoms with Crippen molar-refractivity contribution in [2.75, 3.05) is 6.61 Å². The van der Waals surface area contributed by atoms with Crippen LogP contribution in [0.5, 0.6) is 0 Å². The van der Waals surface area contributed by atoms with Crippen LogP contribution in [0.15, 0.2) is 24.3 Å². The largest absolute Gasteiger partial charge is 0.481 e. The molecule has 1 aromatic rings. The van der Waals surface area contributed by atoms with Crippen LogP contribution in [0.4, 0.5) is 13.2 Å². The molecule has 1 aliphatic heterocycles. The maximum atomic E-state index is 12.9. The van der Waals surface area contributed by atoms with Crippen LogP contribution in [-0.4, -0.2) is 23.3 Å². The molecule has 1 unspecified atom stereocenters. The molecule has 3 nitrogen and oxygen atoms in total. The van der Waals surface area contributed by atoms with Crippen molar-refractivity contribution in [1.82, 2.24) is 0 Å². The summed E-state index contributed by atoms with van der Waals surface area (Å²) < 4.78 is 44.4. The summed E-state index contributed by atoms with van der Waals surface area (Å²) in [6, 6.07) is 5.00. The number of carboxylic acid groups (broad SMARTS) is 1. The monoisotopic (exact) mass is 316 g/mol. The standard InChI is InChI=1S/C16H19F3O3/c1-14(2)10-15(6-7-22-14,9-13(20)21)11-4-3-5-12(8-11)16(17,18)19/h3-5,8H,6-7,9-10H2,1-2H3,(H,20,21). The van der Waals surface area contributed by atoms with E-state index in [1.807, 2.05) is 13.8 Å². The van der Waals surface area contributed by atoms with Gasteiger partial charge in [-0.15, -0.1) is 0 Å². The lowest BCUT2D eigenvalue weighted by molar-refractivity contribution is -0.142. The molecule has 1 N–H and O–H groups in total. The van der Waals surface area contributed by atoms with E-state index in [-0.39, 0.29) is 6.42 Å². The Balaban J connectivity index is 2.48. The molecule has 1 heterocycles. The molecular formula is C16H19F3O3. The molecular weight excluding hydrogens is 297 g/mol. The van der Waals surface area contributed by atoms with Crippen LogP contribution in [-0.2, 0) is 21.1 Å². The highest BCUT2D eigenvalue weighted by molar-refractivity contribution is 5.69. The van der Waals surface area contributed by atoms with Gasteiger partial charge < -0.3 is 9.84 Å². The highest BCUT2D eigenvalue weighted by atomic mass is 19.4. The van der Waals surface area contributed by atoms with Gasteiger partial charge in [0.2, 0.25) is 0 Å². The molecule has 22 heavy (non-hydrogen) atoms. The van der Waals surface area contributed by atoms with Gasteiger partial charge in [-0.25, -0.2) is 0 Å². The van der Waals surface area contributed by atoms with E-state index in [2.05, 4.69) is 0 Å². The van der Waals surface area contributed by atoms with Gasteiger partial charge in [0.1, 0.15) is 0 Å². The Morgan fingerprint density at radius 3 is 2.59 bits per heavy atom. The zero-order chi connectivity index (χ0) is 16.6. The van der Waals surface area contributed by atoms with Gasteiger partial charge in [-0.2, -0.15) is 13.2 Å². The normalized spacial score (nSPS) is 25.0. The maximum absolute atomic E-state index is 12.9. The van der Waals surface area contributed by atoms with E-state index < -0.39 is 28.7 Å². The first-order valence-electron chi connectivity index (χ1n) is 7.08. The molecule has 0 amide bonds. The third-order valence-electron chi connectivity index (χ3n) is 4.13. The lowest BCUT2D eigenvalue weighted by Gasteiger charge is -2.44. The van der Waals surface area contributed by atoms with Gasteiger partial charge in [-0.05, 0) is 38.3 Å². The summed E-state index contributed by atoms with van der Waals surface area (Å²) in [5, 5.41) is 9.23. The van der Waals surface area contributed by atoms with E-state index in [1.54, 1.807) is 6.07 Å². The van der Waals surface area contributed by atoms with Crippen LogP contribution in [0.3, 0.4) is 0 Å². The molecule has 0 spiro atoms. The minimum absolute atomic E-state index is 0.207. The number of halogens is 3. The topological polar surface area (TPSA) is 46.5 Å². The molecule has 122 valence electrons. The van der Waals surface area contributed by atoms with Gasteiger partial charge in [0.15, 0.2) is 0 Å². The van der Waals surface area contributed by atoms with Crippen molar-refractivity contribution in [2.24, 2.45) is 0 Å². The predicted octanol–water partition coefficient (Wildman–Crippen LogP) is 4.01. The zero-order valence-corrected chi connectivity index (χ0v) is 12.5. The molecule has 0 saturated carbocycles. The molecule has 2 rings (SSSR count). The lowest BCUT2D eigenvalue weighted by atomic mass is 9.67. The average Bonchev–Trinajstić information content (AvgIpc) is 2.36. The number of rotatable bonds is 3. The first-order chi connectivity index (χ1) is 10.0. The Bertz CT molecular complexity index is 566. The van der Waals surface area contributed by atoms with Crippen molar-refractivity contribution in [1.29, 1.82) is 0 Å². The van der Waals surface area contributed by atoms with Crippen LogP contribution in [0.1, 0.15) is 44.2 Å². The van der Waals surface area contributed by atoms with Gasteiger partial charge in [0.25, 0.3) is 0 Å². The number of benzene rings is 1. The van der Waals surface area contributed by atoms with Crippen LogP contribution in [0.2, 0.25) is 0 Å². The Morgan fingerprint density at radius 1 is 1.36 bits per heavy atom. The number of ether oxygens (including phenoxy) is 1. The van der Waals surface area contributed by atoms with Crippen molar-refractivity contribution in [3.8, 4) is 0 Å². The van der Waals surface area contributed by atoms with E-state index in [9.17, 15) is 23.1 Å². The van der Waals surface area contributed by atoms with Crippen LogP contribution < -0.4 is 0 Å². The number of alkyl halides is 3. The molecule has 0 aliphatic carbocycles. The molecule has 1 atom stereocenters. The summed E-state index contributed by atoms with van der Waals surface area (Å²) in [7, 11) is 0. The molecule has 0 aromatic heterocycles. The van der Waals surface area contributed by atoms with E-state index in [0.29, 0.717) is 25.0 Å². The summed E-state index contributed by atoms with van der Waals surface area (Å²) in [4.78, 5) is 11.3. The van der Waals surface area contributed by atoms with Crippen molar-refractivity contribution < 1.29 is 27.8 Å². The summed E-state index contributed by atoms with van der Waals surface area (Å²) in [5.41, 5.74) is -1.74. The third kappa shape index (κ3) is 3.61. The van der Waals surface area contributed by atoms with Crippen LogP contribution in [0, 0.1) is 0 Å². The van der Waals surface area contributed by atoms with E-state index in [4.69, 9.17) is 4.74 Å².